The lowest BCUT2D eigenvalue weighted by atomic mass is 9.98. The lowest BCUT2D eigenvalue weighted by Gasteiger charge is -2.79. The molecule has 0 heterocycles. The summed E-state index contributed by atoms with van der Waals surface area (Å²) in [5, 5.41) is 0.118. The molecule has 0 N–H and O–H groups in total. The van der Waals surface area contributed by atoms with E-state index < -0.39 is 67.9 Å². The molecule has 81 heavy (non-hydrogen) atoms. The normalized spacial score (nSPS) is 36.4. The van der Waals surface area contributed by atoms with Crippen LogP contribution in [0, 0.1) is 35.5 Å². The Morgan fingerprint density at radius 1 is 0.370 bits per heavy atom. The number of fused-ring (bicyclic) bond motifs is 6. The Morgan fingerprint density at radius 3 is 0.951 bits per heavy atom. The summed E-state index contributed by atoms with van der Waals surface area (Å²) >= 11 is 18.8. The van der Waals surface area contributed by atoms with Crippen molar-refractivity contribution in [2.24, 2.45) is 35.5 Å². The van der Waals surface area contributed by atoms with Gasteiger partial charge in [0.05, 0.1) is 17.2 Å². The Balaban J connectivity index is 1.89. The van der Waals surface area contributed by atoms with E-state index in [0.29, 0.717) is 95.0 Å². The van der Waals surface area contributed by atoms with Crippen molar-refractivity contribution in [1.29, 1.82) is 0 Å². The topological polar surface area (TPSA) is 83.1 Å². The molecule has 480 valence electrons. The van der Waals surface area contributed by atoms with Crippen LogP contribution in [-0.4, -0.2) is 126 Å². The fourth-order valence-corrected chi connectivity index (χ4v) is 101. The number of hydrogen-bond donors (Lipinski definition) is 3. The second-order valence-electron chi connectivity index (χ2n) is 23.6. The van der Waals surface area contributed by atoms with Gasteiger partial charge in [0.25, 0.3) is 0 Å². The quantitative estimate of drug-likeness (QED) is 0.0316. The highest BCUT2D eigenvalue weighted by Gasteiger charge is 2.89. The van der Waals surface area contributed by atoms with E-state index in [1.165, 1.54) is 83.5 Å². The highest BCUT2D eigenvalue weighted by Crippen LogP contribution is 3.08. The number of rotatable bonds is 36. The summed E-state index contributed by atoms with van der Waals surface area (Å²) < 4.78 is 68.6. The molecule has 9 nitrogen and oxygen atoms in total. The molecule has 7 aliphatic carbocycles. The van der Waals surface area contributed by atoms with E-state index in [4.69, 9.17) is 74.8 Å². The minimum absolute atomic E-state index is 0.118. The first-order valence-electron chi connectivity index (χ1n) is 32.4. The molecule has 0 aromatic heterocycles. The summed E-state index contributed by atoms with van der Waals surface area (Å²) in [5.74, 6) is 5.60. The van der Waals surface area contributed by atoms with E-state index in [-0.39, 0.29) is 5.25 Å². The molecule has 0 aliphatic heterocycles. The Kier molecular flexibility index (Phi) is 29.3. The Morgan fingerprint density at radius 2 is 0.679 bits per heavy atom. The van der Waals surface area contributed by atoms with Crippen LogP contribution in [0.15, 0.2) is 0 Å². The predicted octanol–water partition coefficient (Wildman–Crippen LogP) is 20.3. The molecule has 0 radical (unpaired) electrons. The first-order valence-corrected chi connectivity index (χ1v) is 54.2. The van der Waals surface area contributed by atoms with Gasteiger partial charge in [-0.05, 0) is 198 Å². The molecule has 0 spiro atoms. The zero-order valence-corrected chi connectivity index (χ0v) is 65.3. The van der Waals surface area contributed by atoms with Gasteiger partial charge in [-0.3, -0.25) is 0 Å². The molecule has 13 atom stereocenters. The van der Waals surface area contributed by atoms with Gasteiger partial charge in [-0.15, -0.1) is 91.6 Å². The third-order valence-electron chi connectivity index (χ3n) is 20.1. The van der Waals surface area contributed by atoms with Crippen LogP contribution in [0.5, 0.6) is 0 Å². The van der Waals surface area contributed by atoms with E-state index in [1.807, 2.05) is 29.5 Å². The van der Waals surface area contributed by atoms with Crippen molar-refractivity contribution in [3.8, 4) is 0 Å². The standard InChI is InChI=1S/C57H114O9S12Si3/c1-13-58-79(59-14-2,60-15-3)55(44-47-34-37-50(55)41-47)76(73-67,70-22-10)53-33-31-29-27-25-26-28-30-32-40-54(53,77(74-68,71-23-11)56(45-48-35-38-51(56)42-48)80(61-16-4,62-17-5)63-18-6)78(75-69,72-24-12)57(46-49-36-39-52(57)43-49)81(64-19-7,65-20-8)66-21-9/h47-53,67-69H,13-46H2,1-12H3. The fourth-order valence-electron chi connectivity index (χ4n) is 18.4. The van der Waals surface area contributed by atoms with E-state index in [2.05, 4.69) is 115 Å². The summed E-state index contributed by atoms with van der Waals surface area (Å²) in [7, 11) is -5.04. The van der Waals surface area contributed by atoms with Gasteiger partial charge >= 0.3 is 26.4 Å². The van der Waals surface area contributed by atoms with Gasteiger partial charge in [0, 0.05) is 82.0 Å². The van der Waals surface area contributed by atoms with Crippen molar-refractivity contribution in [1.82, 2.24) is 0 Å². The summed E-state index contributed by atoms with van der Waals surface area (Å²) in [4.78, 5) is 0. The second kappa shape index (κ2) is 32.6. The molecule has 0 aromatic rings. The summed E-state index contributed by atoms with van der Waals surface area (Å²) in [6.07, 6.45) is 25.9. The van der Waals surface area contributed by atoms with Gasteiger partial charge in [-0.2, -0.15) is 0 Å². The molecule has 0 amide bonds. The second-order valence-corrected chi connectivity index (χ2v) is 62.3. The highest BCUT2D eigenvalue weighted by molar-refractivity contribution is 9.45. The third kappa shape index (κ3) is 11.9. The monoisotopic (exact) mass is 1410 g/mol. The van der Waals surface area contributed by atoms with Gasteiger partial charge in [-0.1, -0.05) is 91.4 Å². The SMILES string of the molecule is CCO[Si](OCC)(OCC)C1(S(SS)(SCC)C2CCCCCCCCCCC2(S(SS)(SCC)C2([Si](OCC)(OCC)OCC)CC3CCC2C3)S(SS)(SCC)C2([Si](OCC)(OCC)OCC)CC3CCC2C3)CC2CCC1C2. The third-order valence-corrected chi connectivity index (χ3v) is 83.5. The van der Waals surface area contributed by atoms with Crippen molar-refractivity contribution in [2.75, 3.05) is 76.7 Å². The van der Waals surface area contributed by atoms with E-state index in [0.717, 1.165) is 75.0 Å². The van der Waals surface area contributed by atoms with Crippen LogP contribution < -0.4 is 0 Å². The Hall–Kier alpha value is 4.49. The van der Waals surface area contributed by atoms with Crippen molar-refractivity contribution < 1.29 is 39.8 Å². The van der Waals surface area contributed by atoms with Crippen LogP contribution in [0.25, 0.3) is 0 Å². The zero-order chi connectivity index (χ0) is 58.7. The lowest BCUT2D eigenvalue weighted by Crippen LogP contribution is -2.76. The van der Waals surface area contributed by atoms with Crippen molar-refractivity contribution in [2.45, 2.75) is 247 Å². The molecular formula is C57H114O9S12Si3. The van der Waals surface area contributed by atoms with Crippen LogP contribution in [0.1, 0.15) is 224 Å². The van der Waals surface area contributed by atoms with Crippen molar-refractivity contribution in [3.63, 3.8) is 0 Å². The molecule has 13 unspecified atom stereocenters. The maximum atomic E-state index is 7.87. The maximum Gasteiger partial charge on any atom is 0.518 e. The highest BCUT2D eigenvalue weighted by atomic mass is 33.8. The van der Waals surface area contributed by atoms with E-state index in [1.54, 1.807) is 0 Å². The summed E-state index contributed by atoms with van der Waals surface area (Å²) in [5.41, 5.74) is 0. The minimum atomic E-state index is -3.76. The van der Waals surface area contributed by atoms with Gasteiger partial charge in [-0.25, -0.2) is 0 Å². The molecule has 7 fully saturated rings. The maximum absolute atomic E-state index is 7.87. The van der Waals surface area contributed by atoms with Crippen molar-refractivity contribution >= 4 is 148 Å². The summed E-state index contributed by atoms with van der Waals surface area (Å²) in [6.45, 7) is 32.4. The van der Waals surface area contributed by atoms with Crippen LogP contribution >= 0.6 is 121 Å². The van der Waals surface area contributed by atoms with Gasteiger partial charge in [0.15, 0.2) is 0 Å². The molecule has 7 rings (SSSR count). The van der Waals surface area contributed by atoms with Crippen LogP contribution in [-0.2, 0) is 39.8 Å². The molecule has 0 aromatic carbocycles. The average Bonchev–Trinajstić information content (AvgIpc) is 3.08. The number of thiol groups is 3. The predicted molar refractivity (Wildman–Crippen MR) is 386 cm³/mol. The smallest absolute Gasteiger partial charge is 0.373 e. The zero-order valence-electron chi connectivity index (χ0n) is 52.3. The molecule has 7 aliphatic rings. The van der Waals surface area contributed by atoms with Crippen molar-refractivity contribution in [3.05, 3.63) is 0 Å². The molecule has 24 heteroatoms. The Bertz CT molecular complexity index is 1800. The van der Waals surface area contributed by atoms with Crippen LogP contribution in [0.4, 0.5) is 0 Å². The molecular weight excluding hydrogens is 1300 g/mol. The fraction of sp³-hybridized carbons (Fsp3) is 1.00. The first kappa shape index (κ1) is 72.9. The Labute approximate surface area is 540 Å². The summed E-state index contributed by atoms with van der Waals surface area (Å²) in [6, 6.07) is 0. The van der Waals surface area contributed by atoms with Gasteiger partial charge in [0.1, 0.15) is 0 Å². The minimum Gasteiger partial charge on any atom is -0.373 e. The molecule has 6 bridgehead atoms. The van der Waals surface area contributed by atoms with Gasteiger partial charge in [0.2, 0.25) is 0 Å². The first-order chi connectivity index (χ1) is 39.3. The van der Waals surface area contributed by atoms with Crippen LogP contribution in [0.2, 0.25) is 0 Å². The van der Waals surface area contributed by atoms with Crippen LogP contribution in [0.3, 0.4) is 0 Å². The van der Waals surface area contributed by atoms with E-state index >= 15 is 0 Å². The average molecular weight is 1410 g/mol. The molecule has 0 saturated heterocycles. The lowest BCUT2D eigenvalue weighted by molar-refractivity contribution is 0.0481. The molecule has 7 saturated carbocycles. The van der Waals surface area contributed by atoms with E-state index in [9.17, 15) is 0 Å². The number of hydrogen-bond acceptors (Lipinski definition) is 18. The largest absolute Gasteiger partial charge is 0.518 e. The van der Waals surface area contributed by atoms with Gasteiger partial charge < -0.3 is 39.8 Å².